The fraction of sp³-hybridized carbons (Fsp3) is 0.310. The number of nitriles is 1. The number of carboxylic acids is 1. The third-order valence-corrected chi connectivity index (χ3v) is 7.22. The van der Waals surface area contributed by atoms with Crippen molar-refractivity contribution in [2.24, 2.45) is 0 Å². The number of hydrogen-bond donors (Lipinski definition) is 2. The van der Waals surface area contributed by atoms with Crippen LogP contribution < -0.4 is 5.32 Å². The Balaban J connectivity index is 1.46. The molecular weight excluding hydrogens is 547 g/mol. The highest BCUT2D eigenvalue weighted by Gasteiger charge is 2.39. The van der Waals surface area contributed by atoms with Crippen molar-refractivity contribution in [3.8, 4) is 6.07 Å². The molecule has 0 aliphatic carbocycles. The molecule has 0 saturated carbocycles. The van der Waals surface area contributed by atoms with Crippen LogP contribution in [0.1, 0.15) is 49.9 Å². The topological polar surface area (TPSA) is 158 Å². The van der Waals surface area contributed by atoms with Crippen molar-refractivity contribution in [2.75, 3.05) is 44.7 Å². The molecule has 2 saturated heterocycles. The van der Waals surface area contributed by atoms with Crippen LogP contribution in [0.5, 0.6) is 0 Å². The zero-order valence-electron chi connectivity index (χ0n) is 22.5. The molecule has 2 N–H and O–H groups in total. The van der Waals surface area contributed by atoms with Gasteiger partial charge in [-0.1, -0.05) is 18.2 Å². The zero-order chi connectivity index (χ0) is 29.8. The highest BCUT2D eigenvalue weighted by atomic mass is 19.1. The molecule has 42 heavy (non-hydrogen) atoms. The van der Waals surface area contributed by atoms with Crippen molar-refractivity contribution in [1.82, 2.24) is 19.6 Å². The van der Waals surface area contributed by atoms with Crippen LogP contribution in [0.4, 0.5) is 10.2 Å². The van der Waals surface area contributed by atoms with Gasteiger partial charge < -0.3 is 15.2 Å². The van der Waals surface area contributed by atoms with Gasteiger partial charge in [-0.2, -0.15) is 15.0 Å². The van der Waals surface area contributed by atoms with Crippen LogP contribution in [0.25, 0.3) is 0 Å². The molecular formula is C29H27FN6O6. The molecule has 1 aromatic heterocycles. The first-order valence-electron chi connectivity index (χ1n) is 13.3. The number of imide groups is 1. The number of likely N-dealkylation sites (tertiary alicyclic amines) is 1. The Morgan fingerprint density at radius 2 is 1.83 bits per heavy atom. The van der Waals surface area contributed by atoms with E-state index in [9.17, 15) is 33.9 Å². The molecule has 12 nitrogen and oxygen atoms in total. The van der Waals surface area contributed by atoms with Gasteiger partial charge in [0.05, 0.1) is 31.0 Å². The van der Waals surface area contributed by atoms with Crippen molar-refractivity contribution >= 4 is 29.5 Å². The summed E-state index contributed by atoms with van der Waals surface area (Å²) in [5.74, 6) is -3.72. The van der Waals surface area contributed by atoms with Crippen molar-refractivity contribution in [1.29, 1.82) is 5.26 Å². The third kappa shape index (κ3) is 6.04. The Hall–Kier alpha value is -4.93. The molecule has 3 heterocycles. The largest absolute Gasteiger partial charge is 0.478 e. The first-order chi connectivity index (χ1) is 20.2. The standard InChI is InChI=1S/C29H27FN6O6/c30-22-6-4-18(5-7-22)15-32-27-23(14-31)26(33-36(27)28(39)19-2-1-3-20(12-19)29(40)41)21-13-24(37)35(16-21)25(38)17-34-8-10-42-11-9-34/h1-7,12,21,32H,8-11,13,15-17H2,(H,40,41). The minimum atomic E-state index is -1.22. The van der Waals surface area contributed by atoms with Gasteiger partial charge in [-0.25, -0.2) is 9.18 Å². The van der Waals surface area contributed by atoms with E-state index >= 15 is 0 Å². The number of ether oxygens (including phenoxy) is 1. The monoisotopic (exact) mass is 574 g/mol. The number of hydrogen-bond acceptors (Lipinski definition) is 9. The summed E-state index contributed by atoms with van der Waals surface area (Å²) < 4.78 is 19.7. The SMILES string of the molecule is N#Cc1c(C2CC(=O)N(C(=O)CN3CCOCC3)C2)nn(C(=O)c2cccc(C(=O)O)c2)c1NCc1ccc(F)cc1. The number of benzene rings is 2. The second-order valence-corrected chi connectivity index (χ2v) is 9.99. The Labute approximate surface area is 239 Å². The fourth-order valence-electron chi connectivity index (χ4n) is 5.00. The lowest BCUT2D eigenvalue weighted by molar-refractivity contribution is -0.143. The predicted molar refractivity (Wildman–Crippen MR) is 145 cm³/mol. The molecule has 5 rings (SSSR count). The number of aromatic carboxylic acids is 1. The molecule has 2 amide bonds. The zero-order valence-corrected chi connectivity index (χ0v) is 22.5. The van der Waals surface area contributed by atoms with Crippen LogP contribution >= 0.6 is 0 Å². The molecule has 216 valence electrons. The van der Waals surface area contributed by atoms with Gasteiger partial charge in [0, 0.05) is 44.1 Å². The number of anilines is 1. The van der Waals surface area contributed by atoms with Crippen molar-refractivity contribution < 1.29 is 33.4 Å². The number of nitrogens with one attached hydrogen (secondary N) is 1. The van der Waals surface area contributed by atoms with Gasteiger partial charge in [0.25, 0.3) is 5.91 Å². The maximum Gasteiger partial charge on any atom is 0.335 e. The lowest BCUT2D eigenvalue weighted by Gasteiger charge is -2.27. The molecule has 0 bridgehead atoms. The number of nitrogens with zero attached hydrogens (tertiary/aromatic N) is 5. The predicted octanol–water partition coefficient (Wildman–Crippen LogP) is 2.07. The highest BCUT2D eigenvalue weighted by molar-refractivity contribution is 6.01. The van der Waals surface area contributed by atoms with E-state index in [0.29, 0.717) is 31.9 Å². The lowest BCUT2D eigenvalue weighted by Crippen LogP contribution is -2.45. The first-order valence-corrected chi connectivity index (χ1v) is 13.3. The molecule has 0 spiro atoms. The lowest BCUT2D eigenvalue weighted by atomic mass is 10.0. The molecule has 3 aromatic rings. The summed E-state index contributed by atoms with van der Waals surface area (Å²) >= 11 is 0. The minimum Gasteiger partial charge on any atom is -0.478 e. The van der Waals surface area contributed by atoms with E-state index in [0.717, 1.165) is 9.58 Å². The second kappa shape index (κ2) is 12.3. The first kappa shape index (κ1) is 28.6. The molecule has 1 atom stereocenters. The van der Waals surface area contributed by atoms with E-state index in [-0.39, 0.29) is 60.2 Å². The normalized spacial score (nSPS) is 17.2. The van der Waals surface area contributed by atoms with Crippen molar-refractivity contribution in [3.05, 3.63) is 82.3 Å². The van der Waals surface area contributed by atoms with E-state index in [2.05, 4.69) is 16.5 Å². The summed E-state index contributed by atoms with van der Waals surface area (Å²) in [7, 11) is 0. The van der Waals surface area contributed by atoms with Crippen LogP contribution in [-0.2, 0) is 20.9 Å². The molecule has 2 aromatic carbocycles. The van der Waals surface area contributed by atoms with Crippen LogP contribution in [-0.4, -0.2) is 87.8 Å². The molecule has 1 unspecified atom stereocenters. The number of morpholine rings is 1. The number of amides is 2. The van der Waals surface area contributed by atoms with Gasteiger partial charge >= 0.3 is 5.97 Å². The average Bonchev–Trinajstić information content (AvgIpc) is 3.57. The van der Waals surface area contributed by atoms with Crippen molar-refractivity contribution in [3.63, 3.8) is 0 Å². The van der Waals surface area contributed by atoms with E-state index < -0.39 is 29.5 Å². The van der Waals surface area contributed by atoms with Crippen LogP contribution in [0.2, 0.25) is 0 Å². The smallest absolute Gasteiger partial charge is 0.335 e. The maximum absolute atomic E-state index is 13.6. The van der Waals surface area contributed by atoms with Gasteiger partial charge in [-0.3, -0.25) is 24.2 Å². The number of carboxylic acid groups (broad SMARTS) is 1. The van der Waals surface area contributed by atoms with E-state index in [1.54, 1.807) is 12.1 Å². The number of carbonyl (C=O) groups excluding carboxylic acids is 3. The Bertz CT molecular complexity index is 1570. The van der Waals surface area contributed by atoms with E-state index in [1.165, 1.54) is 36.4 Å². The van der Waals surface area contributed by atoms with Gasteiger partial charge in [0.2, 0.25) is 11.8 Å². The minimum absolute atomic E-state index is 0.00616. The van der Waals surface area contributed by atoms with E-state index in [1.807, 2.05) is 4.90 Å². The van der Waals surface area contributed by atoms with Gasteiger partial charge in [0.15, 0.2) is 5.82 Å². The van der Waals surface area contributed by atoms with Crippen LogP contribution in [0.3, 0.4) is 0 Å². The summed E-state index contributed by atoms with van der Waals surface area (Å²) in [6.07, 6.45) is -0.0827. The third-order valence-electron chi connectivity index (χ3n) is 7.22. The van der Waals surface area contributed by atoms with Crippen LogP contribution in [0, 0.1) is 17.1 Å². The summed E-state index contributed by atoms with van der Waals surface area (Å²) in [5, 5.41) is 27.0. The molecule has 2 fully saturated rings. The van der Waals surface area contributed by atoms with Gasteiger partial charge in [0.1, 0.15) is 17.4 Å². The summed E-state index contributed by atoms with van der Waals surface area (Å²) in [6, 6.07) is 13.1. The summed E-state index contributed by atoms with van der Waals surface area (Å²) in [4.78, 5) is 54.1. The van der Waals surface area contributed by atoms with Gasteiger partial charge in [-0.15, -0.1) is 0 Å². The molecule has 0 radical (unpaired) electrons. The Morgan fingerprint density at radius 1 is 1.12 bits per heavy atom. The van der Waals surface area contributed by atoms with Gasteiger partial charge in [-0.05, 0) is 35.9 Å². The van der Waals surface area contributed by atoms with Crippen molar-refractivity contribution in [2.45, 2.75) is 18.9 Å². The fourth-order valence-corrected chi connectivity index (χ4v) is 5.00. The average molecular weight is 575 g/mol. The Morgan fingerprint density at radius 3 is 2.52 bits per heavy atom. The number of halogens is 1. The summed E-state index contributed by atoms with van der Waals surface area (Å²) in [5.41, 5.74) is 0.747. The van der Waals surface area contributed by atoms with E-state index in [4.69, 9.17) is 4.74 Å². The second-order valence-electron chi connectivity index (χ2n) is 9.99. The Kier molecular flexibility index (Phi) is 8.37. The summed E-state index contributed by atoms with van der Waals surface area (Å²) in [6.45, 7) is 2.32. The maximum atomic E-state index is 13.6. The van der Waals surface area contributed by atoms with Crippen LogP contribution in [0.15, 0.2) is 48.5 Å². The highest BCUT2D eigenvalue weighted by Crippen LogP contribution is 2.33. The molecule has 13 heteroatoms. The number of aromatic nitrogens is 2. The molecule has 2 aliphatic heterocycles. The number of carbonyl (C=O) groups is 4. The molecule has 2 aliphatic rings. The number of rotatable bonds is 8. The quantitative estimate of drug-likeness (QED) is 0.408.